The zero-order valence-corrected chi connectivity index (χ0v) is 21.7. The van der Waals surface area contributed by atoms with Gasteiger partial charge in [0.05, 0.1) is 17.2 Å². The topological polar surface area (TPSA) is 110 Å². The smallest absolute Gasteiger partial charge is 0.306 e. The van der Waals surface area contributed by atoms with E-state index in [1.54, 1.807) is 6.20 Å². The van der Waals surface area contributed by atoms with Crippen molar-refractivity contribution in [2.24, 2.45) is 5.92 Å². The average Bonchev–Trinajstić information content (AvgIpc) is 3.36. The first-order chi connectivity index (χ1) is 19.0. The summed E-state index contributed by atoms with van der Waals surface area (Å²) in [4.78, 5) is 28.0. The second kappa shape index (κ2) is 10.3. The highest BCUT2D eigenvalue weighted by molar-refractivity contribution is 5.84. The zero-order valence-electron chi connectivity index (χ0n) is 21.7. The van der Waals surface area contributed by atoms with Gasteiger partial charge in [-0.15, -0.1) is 0 Å². The quantitative estimate of drug-likeness (QED) is 0.301. The maximum atomic E-state index is 11.4. The molecule has 3 aromatic heterocycles. The van der Waals surface area contributed by atoms with Crippen molar-refractivity contribution < 1.29 is 9.90 Å². The number of fused-ring (bicyclic) bond motifs is 1. The van der Waals surface area contributed by atoms with Crippen LogP contribution in [0.2, 0.25) is 0 Å². The molecule has 0 bridgehead atoms. The number of nitrogens with zero attached hydrogens (tertiary/aromatic N) is 5. The summed E-state index contributed by atoms with van der Waals surface area (Å²) in [6.45, 7) is 3.74. The Balaban J connectivity index is 1.40. The minimum Gasteiger partial charge on any atom is -0.481 e. The third kappa shape index (κ3) is 4.75. The summed E-state index contributed by atoms with van der Waals surface area (Å²) in [7, 11) is 0. The Hall–Kier alpha value is -4.56. The molecule has 3 N–H and O–H groups in total. The molecule has 2 aromatic carbocycles. The van der Waals surface area contributed by atoms with E-state index in [4.69, 9.17) is 15.7 Å². The zero-order chi connectivity index (χ0) is 26.9. The summed E-state index contributed by atoms with van der Waals surface area (Å²) in [6, 6.07) is 26.5. The summed E-state index contributed by atoms with van der Waals surface area (Å²) < 4.78 is 2.04. The summed E-state index contributed by atoms with van der Waals surface area (Å²) in [6.07, 6.45) is 3.04. The molecule has 5 aromatic rings. The molecule has 0 radical (unpaired) electrons. The number of piperidine rings is 1. The van der Waals surface area contributed by atoms with Crippen LogP contribution in [-0.2, 0) is 4.79 Å². The van der Waals surface area contributed by atoms with Crippen LogP contribution in [0.5, 0.6) is 0 Å². The van der Waals surface area contributed by atoms with Crippen LogP contribution in [0.25, 0.3) is 39.5 Å². The van der Waals surface area contributed by atoms with Crippen LogP contribution in [-0.4, -0.2) is 48.6 Å². The van der Waals surface area contributed by atoms with E-state index in [1.807, 2.05) is 59.2 Å². The van der Waals surface area contributed by atoms with Gasteiger partial charge in [-0.2, -0.15) is 0 Å². The molecule has 1 atom stereocenters. The van der Waals surface area contributed by atoms with E-state index in [0.29, 0.717) is 24.5 Å². The van der Waals surface area contributed by atoms with Crippen LogP contribution in [0.15, 0.2) is 85.1 Å². The SMILES string of the molecule is CC(c1ccc(-n2c(-c3cccnc3N)nc3ccc(-c4ccccc4)nc32)cc1)N1CCC(C(=O)O)CC1. The molecule has 0 aliphatic carbocycles. The fourth-order valence-electron chi connectivity index (χ4n) is 5.41. The maximum Gasteiger partial charge on any atom is 0.306 e. The summed E-state index contributed by atoms with van der Waals surface area (Å²) >= 11 is 0. The van der Waals surface area contributed by atoms with Gasteiger partial charge in [-0.3, -0.25) is 14.3 Å². The number of pyridine rings is 2. The number of carbonyl (C=O) groups is 1. The van der Waals surface area contributed by atoms with Crippen molar-refractivity contribution in [2.75, 3.05) is 18.8 Å². The van der Waals surface area contributed by atoms with Crippen molar-refractivity contribution in [1.82, 2.24) is 24.4 Å². The molecule has 1 saturated heterocycles. The van der Waals surface area contributed by atoms with E-state index >= 15 is 0 Å². The number of benzene rings is 2. The highest BCUT2D eigenvalue weighted by Crippen LogP contribution is 2.33. The predicted octanol–water partition coefficient (Wildman–Crippen LogP) is 5.59. The number of imidazole rings is 1. The van der Waals surface area contributed by atoms with Crippen molar-refractivity contribution in [3.05, 3.63) is 90.6 Å². The molecular formula is C31H30N6O2. The fraction of sp³-hybridized carbons (Fsp3) is 0.226. The van der Waals surface area contributed by atoms with Gasteiger partial charge >= 0.3 is 5.97 Å². The van der Waals surface area contributed by atoms with Crippen LogP contribution in [0.3, 0.4) is 0 Å². The summed E-state index contributed by atoms with van der Waals surface area (Å²) in [5.74, 6) is 0.169. The van der Waals surface area contributed by atoms with E-state index in [1.165, 1.54) is 5.56 Å². The molecule has 1 aliphatic heterocycles. The second-order valence-electron chi connectivity index (χ2n) is 10.0. The number of rotatable bonds is 6. The second-order valence-corrected chi connectivity index (χ2v) is 10.0. The molecule has 1 unspecified atom stereocenters. The van der Waals surface area contributed by atoms with E-state index in [-0.39, 0.29) is 12.0 Å². The minimum absolute atomic E-state index is 0.185. The Labute approximate surface area is 226 Å². The Kier molecular flexibility index (Phi) is 6.54. The van der Waals surface area contributed by atoms with E-state index in [2.05, 4.69) is 41.1 Å². The molecule has 39 heavy (non-hydrogen) atoms. The first-order valence-electron chi connectivity index (χ1n) is 13.2. The lowest BCUT2D eigenvalue weighted by atomic mass is 9.95. The molecule has 1 fully saturated rings. The molecule has 0 spiro atoms. The third-order valence-electron chi connectivity index (χ3n) is 7.71. The Morgan fingerprint density at radius 2 is 1.69 bits per heavy atom. The van der Waals surface area contributed by atoms with Gasteiger partial charge in [-0.05, 0) is 74.8 Å². The number of aromatic nitrogens is 4. The summed E-state index contributed by atoms with van der Waals surface area (Å²) in [5, 5.41) is 9.34. The van der Waals surface area contributed by atoms with Crippen LogP contribution < -0.4 is 5.73 Å². The molecule has 8 heteroatoms. The molecule has 8 nitrogen and oxygen atoms in total. The molecule has 196 valence electrons. The maximum absolute atomic E-state index is 11.4. The molecule has 4 heterocycles. The number of anilines is 1. The monoisotopic (exact) mass is 518 g/mol. The number of nitrogens with two attached hydrogens (primary N) is 1. The molecule has 0 amide bonds. The number of hydrogen-bond acceptors (Lipinski definition) is 6. The number of nitrogen functional groups attached to an aromatic ring is 1. The van der Waals surface area contributed by atoms with Crippen LogP contribution >= 0.6 is 0 Å². The highest BCUT2D eigenvalue weighted by atomic mass is 16.4. The van der Waals surface area contributed by atoms with Crippen molar-refractivity contribution in [3.63, 3.8) is 0 Å². The minimum atomic E-state index is -0.687. The normalized spacial score (nSPS) is 15.4. The standard InChI is InChI=1S/C31H30N6O2/c1-20(36-18-15-23(16-19-36)31(38)39)21-9-11-24(12-10-21)37-29(25-8-5-17-33-28(25)32)35-27-14-13-26(34-30(27)37)22-6-3-2-4-7-22/h2-14,17,20,23H,15-16,18-19H2,1H3,(H2,32,33)(H,38,39). The van der Waals surface area contributed by atoms with Crippen LogP contribution in [0.1, 0.15) is 31.4 Å². The van der Waals surface area contributed by atoms with Gasteiger partial charge in [0.1, 0.15) is 11.3 Å². The van der Waals surface area contributed by atoms with Crippen LogP contribution in [0, 0.1) is 5.92 Å². The predicted molar refractivity (Wildman–Crippen MR) is 152 cm³/mol. The van der Waals surface area contributed by atoms with Gasteiger partial charge in [0.25, 0.3) is 0 Å². The summed E-state index contributed by atoms with van der Waals surface area (Å²) in [5.41, 5.74) is 12.5. The van der Waals surface area contributed by atoms with Crippen molar-refractivity contribution in [3.8, 4) is 28.3 Å². The number of carboxylic acid groups (broad SMARTS) is 1. The molecule has 6 rings (SSSR count). The number of likely N-dealkylation sites (tertiary alicyclic amines) is 1. The Morgan fingerprint density at radius 3 is 2.38 bits per heavy atom. The van der Waals surface area contributed by atoms with Gasteiger partial charge in [-0.25, -0.2) is 15.0 Å². The number of aliphatic carboxylic acids is 1. The van der Waals surface area contributed by atoms with Gasteiger partial charge in [0.15, 0.2) is 11.5 Å². The van der Waals surface area contributed by atoms with Gasteiger partial charge in [-0.1, -0.05) is 42.5 Å². The lowest BCUT2D eigenvalue weighted by molar-refractivity contribution is -0.143. The van der Waals surface area contributed by atoms with E-state index in [9.17, 15) is 9.90 Å². The van der Waals surface area contributed by atoms with E-state index in [0.717, 1.165) is 46.8 Å². The third-order valence-corrected chi connectivity index (χ3v) is 7.71. The molecule has 0 saturated carbocycles. The van der Waals surface area contributed by atoms with Gasteiger partial charge < -0.3 is 10.8 Å². The largest absolute Gasteiger partial charge is 0.481 e. The Morgan fingerprint density at radius 1 is 0.949 bits per heavy atom. The number of hydrogen-bond donors (Lipinski definition) is 2. The molecular weight excluding hydrogens is 488 g/mol. The lowest BCUT2D eigenvalue weighted by Crippen LogP contribution is -2.37. The lowest BCUT2D eigenvalue weighted by Gasteiger charge is -2.35. The van der Waals surface area contributed by atoms with E-state index < -0.39 is 5.97 Å². The van der Waals surface area contributed by atoms with Gasteiger partial charge in [0.2, 0.25) is 0 Å². The van der Waals surface area contributed by atoms with Crippen LogP contribution in [0.4, 0.5) is 5.82 Å². The first kappa shape index (κ1) is 24.8. The highest BCUT2D eigenvalue weighted by Gasteiger charge is 2.27. The first-order valence-corrected chi connectivity index (χ1v) is 13.2. The van der Waals surface area contributed by atoms with Crippen molar-refractivity contribution >= 4 is 23.0 Å². The van der Waals surface area contributed by atoms with Crippen molar-refractivity contribution in [2.45, 2.75) is 25.8 Å². The fourth-order valence-corrected chi connectivity index (χ4v) is 5.41. The number of carboxylic acids is 1. The van der Waals surface area contributed by atoms with Gasteiger partial charge in [0, 0.05) is 23.5 Å². The average molecular weight is 519 g/mol. The van der Waals surface area contributed by atoms with Crippen molar-refractivity contribution in [1.29, 1.82) is 0 Å². The molecule has 1 aliphatic rings. The Bertz CT molecular complexity index is 1620.